The first kappa shape index (κ1) is 19.8. The Balaban J connectivity index is 0.00000264. The minimum Gasteiger partial charge on any atom is -0.357 e. The summed E-state index contributed by atoms with van der Waals surface area (Å²) in [6, 6.07) is 7.90. The molecule has 0 saturated heterocycles. The van der Waals surface area contributed by atoms with Crippen molar-refractivity contribution in [1.82, 2.24) is 19.8 Å². The lowest BCUT2D eigenvalue weighted by Crippen LogP contribution is -2.38. The molecule has 2 aromatic rings. The predicted molar refractivity (Wildman–Crippen MR) is 107 cm³/mol. The number of imidazole rings is 1. The molecule has 2 rings (SSSR count). The van der Waals surface area contributed by atoms with Crippen LogP contribution in [0.4, 0.5) is 0 Å². The highest BCUT2D eigenvalue weighted by atomic mass is 127. The second kappa shape index (κ2) is 10.5. The average molecular weight is 448 g/mol. The third kappa shape index (κ3) is 6.78. The van der Waals surface area contributed by atoms with Crippen LogP contribution in [0.1, 0.15) is 12.5 Å². The molecule has 0 aliphatic rings. The number of aliphatic imine (C=N–C) groups is 1. The zero-order valence-electron chi connectivity index (χ0n) is 13.4. The van der Waals surface area contributed by atoms with Gasteiger partial charge in [-0.2, -0.15) is 0 Å². The largest absolute Gasteiger partial charge is 0.357 e. The Bertz CT molecular complexity index is 600. The van der Waals surface area contributed by atoms with Crippen molar-refractivity contribution in [3.8, 4) is 0 Å². The standard InChI is InChI=1S/C16H22ClN5.HI/c1-3-19-16(20-8-10-22-9-7-18-13-22)21(2)12-14-5-4-6-15(17)11-14;/h4-7,9,11,13H,3,8,10,12H2,1-2H3,(H,19,20);1H. The average Bonchev–Trinajstić information content (AvgIpc) is 2.99. The number of halogens is 2. The van der Waals surface area contributed by atoms with Crippen LogP contribution in [0, 0.1) is 0 Å². The van der Waals surface area contributed by atoms with Crippen LogP contribution in [0.2, 0.25) is 5.02 Å². The highest BCUT2D eigenvalue weighted by Gasteiger charge is 2.06. The van der Waals surface area contributed by atoms with Crippen LogP contribution in [-0.2, 0) is 13.1 Å². The zero-order chi connectivity index (χ0) is 15.8. The van der Waals surface area contributed by atoms with E-state index in [4.69, 9.17) is 11.6 Å². The summed E-state index contributed by atoms with van der Waals surface area (Å²) in [6.45, 7) is 5.19. The molecule has 23 heavy (non-hydrogen) atoms. The lowest BCUT2D eigenvalue weighted by Gasteiger charge is -2.22. The quantitative estimate of drug-likeness (QED) is 0.420. The van der Waals surface area contributed by atoms with Crippen LogP contribution < -0.4 is 5.32 Å². The van der Waals surface area contributed by atoms with Gasteiger partial charge < -0.3 is 14.8 Å². The van der Waals surface area contributed by atoms with Gasteiger partial charge >= 0.3 is 0 Å². The van der Waals surface area contributed by atoms with Gasteiger partial charge in [-0.15, -0.1) is 24.0 Å². The number of guanidine groups is 1. The summed E-state index contributed by atoms with van der Waals surface area (Å²) in [5, 5.41) is 4.07. The molecule has 0 aliphatic carbocycles. The minimum absolute atomic E-state index is 0. The van der Waals surface area contributed by atoms with E-state index in [0.717, 1.165) is 36.2 Å². The highest BCUT2D eigenvalue weighted by molar-refractivity contribution is 14.0. The molecule has 0 aliphatic heterocycles. The monoisotopic (exact) mass is 447 g/mol. The van der Waals surface area contributed by atoms with Crippen molar-refractivity contribution in [2.75, 3.05) is 20.1 Å². The summed E-state index contributed by atoms with van der Waals surface area (Å²) in [6.07, 6.45) is 5.52. The van der Waals surface area contributed by atoms with Crippen LogP contribution in [0.25, 0.3) is 0 Å². The lowest BCUT2D eigenvalue weighted by molar-refractivity contribution is 0.475. The minimum atomic E-state index is 0. The van der Waals surface area contributed by atoms with Gasteiger partial charge in [0.2, 0.25) is 0 Å². The van der Waals surface area contributed by atoms with Crippen LogP contribution >= 0.6 is 35.6 Å². The van der Waals surface area contributed by atoms with Gasteiger partial charge in [0, 0.05) is 44.1 Å². The van der Waals surface area contributed by atoms with E-state index in [1.807, 2.05) is 36.0 Å². The van der Waals surface area contributed by atoms with Gasteiger partial charge in [-0.1, -0.05) is 23.7 Å². The Hall–Kier alpha value is -1.28. The predicted octanol–water partition coefficient (Wildman–Crippen LogP) is 3.25. The van der Waals surface area contributed by atoms with Gasteiger partial charge in [-0.3, -0.25) is 4.99 Å². The summed E-state index contributed by atoms with van der Waals surface area (Å²) < 4.78 is 2.02. The number of rotatable bonds is 6. The highest BCUT2D eigenvalue weighted by Crippen LogP contribution is 2.12. The molecular weight excluding hydrogens is 425 g/mol. The van der Waals surface area contributed by atoms with E-state index in [1.54, 1.807) is 12.5 Å². The SMILES string of the molecule is CCNC(=NCCn1ccnc1)N(C)Cc1cccc(Cl)c1.I. The lowest BCUT2D eigenvalue weighted by atomic mass is 10.2. The van der Waals surface area contributed by atoms with Crippen LogP contribution in [-0.4, -0.2) is 40.5 Å². The van der Waals surface area contributed by atoms with Gasteiger partial charge in [-0.05, 0) is 24.6 Å². The number of benzene rings is 1. The molecule has 1 N–H and O–H groups in total. The fourth-order valence-corrected chi connectivity index (χ4v) is 2.36. The molecule has 0 saturated carbocycles. The van der Waals surface area contributed by atoms with Crippen molar-refractivity contribution < 1.29 is 0 Å². The van der Waals surface area contributed by atoms with E-state index in [9.17, 15) is 0 Å². The van der Waals surface area contributed by atoms with Gasteiger partial charge in [0.1, 0.15) is 0 Å². The Kier molecular flexibility index (Phi) is 9.01. The molecule has 0 radical (unpaired) electrons. The maximum absolute atomic E-state index is 6.04. The van der Waals surface area contributed by atoms with E-state index < -0.39 is 0 Å². The van der Waals surface area contributed by atoms with Crippen LogP contribution in [0.5, 0.6) is 0 Å². The second-order valence-electron chi connectivity index (χ2n) is 5.02. The molecule has 0 atom stereocenters. The van der Waals surface area contributed by atoms with Crippen molar-refractivity contribution in [3.63, 3.8) is 0 Å². The van der Waals surface area contributed by atoms with Crippen molar-refractivity contribution >= 4 is 41.5 Å². The normalized spacial score (nSPS) is 11.0. The molecule has 5 nitrogen and oxygen atoms in total. The van der Waals surface area contributed by atoms with Gasteiger partial charge in [-0.25, -0.2) is 4.98 Å². The van der Waals surface area contributed by atoms with Gasteiger partial charge in [0.25, 0.3) is 0 Å². The van der Waals surface area contributed by atoms with E-state index in [1.165, 1.54) is 0 Å². The Morgan fingerprint density at radius 1 is 1.43 bits per heavy atom. The Morgan fingerprint density at radius 2 is 2.26 bits per heavy atom. The number of hydrogen-bond acceptors (Lipinski definition) is 2. The first-order valence-electron chi connectivity index (χ1n) is 7.38. The molecule has 0 fully saturated rings. The molecule has 0 unspecified atom stereocenters. The van der Waals surface area contributed by atoms with Crippen LogP contribution in [0.15, 0.2) is 48.0 Å². The molecule has 1 aromatic carbocycles. The molecule has 0 bridgehead atoms. The molecule has 1 aromatic heterocycles. The van der Waals surface area contributed by atoms with E-state index in [0.29, 0.717) is 6.54 Å². The van der Waals surface area contributed by atoms with Crippen LogP contribution in [0.3, 0.4) is 0 Å². The van der Waals surface area contributed by atoms with Gasteiger partial charge in [0.05, 0.1) is 12.9 Å². The Morgan fingerprint density at radius 3 is 2.91 bits per heavy atom. The summed E-state index contributed by atoms with van der Waals surface area (Å²) in [5.41, 5.74) is 1.16. The third-order valence-corrected chi connectivity index (χ3v) is 3.42. The second-order valence-corrected chi connectivity index (χ2v) is 5.46. The van der Waals surface area contributed by atoms with Crippen molar-refractivity contribution in [1.29, 1.82) is 0 Å². The molecule has 7 heteroatoms. The smallest absolute Gasteiger partial charge is 0.194 e. The summed E-state index contributed by atoms with van der Waals surface area (Å²) in [4.78, 5) is 10.8. The molecule has 126 valence electrons. The molecular formula is C16H23ClIN5. The van der Waals surface area contributed by atoms with Crippen molar-refractivity contribution in [2.45, 2.75) is 20.0 Å². The Labute approximate surface area is 159 Å². The van der Waals surface area contributed by atoms with Crippen molar-refractivity contribution in [2.24, 2.45) is 4.99 Å². The number of nitrogens with one attached hydrogen (secondary N) is 1. The third-order valence-electron chi connectivity index (χ3n) is 3.18. The molecule has 0 amide bonds. The topological polar surface area (TPSA) is 45.5 Å². The number of hydrogen-bond donors (Lipinski definition) is 1. The fraction of sp³-hybridized carbons (Fsp3) is 0.375. The molecule has 1 heterocycles. The maximum atomic E-state index is 6.04. The first-order chi connectivity index (χ1) is 10.7. The molecule has 0 spiro atoms. The first-order valence-corrected chi connectivity index (χ1v) is 7.76. The van der Waals surface area contributed by atoms with E-state index in [2.05, 4.69) is 33.2 Å². The van der Waals surface area contributed by atoms with E-state index in [-0.39, 0.29) is 24.0 Å². The van der Waals surface area contributed by atoms with Gasteiger partial charge in [0.15, 0.2) is 5.96 Å². The zero-order valence-corrected chi connectivity index (χ0v) is 16.5. The summed E-state index contributed by atoms with van der Waals surface area (Å²) in [5.74, 6) is 0.891. The summed E-state index contributed by atoms with van der Waals surface area (Å²) in [7, 11) is 2.03. The van der Waals surface area contributed by atoms with Crippen molar-refractivity contribution in [3.05, 3.63) is 53.6 Å². The maximum Gasteiger partial charge on any atom is 0.194 e. The number of nitrogens with zero attached hydrogens (tertiary/aromatic N) is 4. The number of aromatic nitrogens is 2. The fourth-order valence-electron chi connectivity index (χ4n) is 2.14. The van der Waals surface area contributed by atoms with E-state index >= 15 is 0 Å². The summed E-state index contributed by atoms with van der Waals surface area (Å²) >= 11 is 6.04.